The zero-order valence-corrected chi connectivity index (χ0v) is 13.1. The van der Waals surface area contributed by atoms with E-state index < -0.39 is 11.6 Å². The molecular formula is C17H22F2N2O. The molecule has 0 amide bonds. The highest BCUT2D eigenvalue weighted by atomic mass is 19.1. The van der Waals surface area contributed by atoms with Crippen LogP contribution in [-0.2, 0) is 6.54 Å². The third kappa shape index (κ3) is 3.22. The Balaban J connectivity index is 2.09. The van der Waals surface area contributed by atoms with E-state index in [1.165, 1.54) is 12.1 Å². The predicted molar refractivity (Wildman–Crippen MR) is 80.5 cm³/mol. The van der Waals surface area contributed by atoms with Crippen LogP contribution in [0.25, 0.3) is 0 Å². The number of rotatable bonds is 4. The number of likely N-dealkylation sites (tertiary alicyclic amines) is 1. The molecule has 2 unspecified atom stereocenters. The summed E-state index contributed by atoms with van der Waals surface area (Å²) < 4.78 is 28.5. The van der Waals surface area contributed by atoms with Crippen molar-refractivity contribution in [2.75, 3.05) is 13.1 Å². The number of hydrogen-bond acceptors (Lipinski definition) is 3. The van der Waals surface area contributed by atoms with Gasteiger partial charge in [-0.3, -0.25) is 4.90 Å². The quantitative estimate of drug-likeness (QED) is 0.922. The molecule has 1 saturated heterocycles. The number of halogens is 2. The van der Waals surface area contributed by atoms with Crippen molar-refractivity contribution in [2.45, 2.75) is 45.8 Å². The highest BCUT2D eigenvalue weighted by Gasteiger charge is 2.42. The lowest BCUT2D eigenvalue weighted by Crippen LogP contribution is -2.48. The third-order valence-corrected chi connectivity index (χ3v) is 4.90. The number of alkyl halides is 1. The number of piperidine rings is 1. The molecule has 0 spiro atoms. The largest absolute Gasteiger partial charge is 0.508 e. The molecule has 22 heavy (non-hydrogen) atoms. The van der Waals surface area contributed by atoms with E-state index in [4.69, 9.17) is 5.26 Å². The number of phenols is 1. The smallest absolute Gasteiger partial charge is 0.128 e. The second-order valence-electron chi connectivity index (χ2n) is 6.23. The standard InChI is InChI=1S/C17H22F2N2O/c1-3-17(4-6-20)5-7-21(11-16(17)19)10-13-9-15(22)12(2)8-14(13)18/h8-9,16,22H,3-5,7,10-11H2,1-2H3. The average molecular weight is 308 g/mol. The van der Waals surface area contributed by atoms with Crippen molar-refractivity contribution in [1.82, 2.24) is 4.90 Å². The van der Waals surface area contributed by atoms with Crippen LogP contribution in [0.2, 0.25) is 0 Å². The molecule has 1 aliphatic heterocycles. The molecule has 5 heteroatoms. The van der Waals surface area contributed by atoms with Crippen LogP contribution in [0, 0.1) is 29.5 Å². The number of aromatic hydroxyl groups is 1. The summed E-state index contributed by atoms with van der Waals surface area (Å²) in [4.78, 5) is 1.85. The molecule has 120 valence electrons. The maximum Gasteiger partial charge on any atom is 0.128 e. The van der Waals surface area contributed by atoms with Crippen LogP contribution in [0.5, 0.6) is 5.75 Å². The van der Waals surface area contributed by atoms with E-state index in [0.29, 0.717) is 30.5 Å². The Bertz CT molecular complexity index is 585. The van der Waals surface area contributed by atoms with Crippen LogP contribution >= 0.6 is 0 Å². The Kier molecular flexibility index (Phi) is 5.02. The first-order chi connectivity index (χ1) is 10.4. The number of hydrogen-bond donors (Lipinski definition) is 1. The fourth-order valence-corrected chi connectivity index (χ4v) is 3.14. The molecule has 0 saturated carbocycles. The number of phenolic OH excluding ortho intramolecular Hbond substituents is 1. The predicted octanol–water partition coefficient (Wildman–Crippen LogP) is 3.69. The molecule has 0 aromatic heterocycles. The van der Waals surface area contributed by atoms with E-state index in [0.717, 1.165) is 0 Å². The van der Waals surface area contributed by atoms with E-state index in [1.807, 2.05) is 11.8 Å². The third-order valence-electron chi connectivity index (χ3n) is 4.90. The first-order valence-corrected chi connectivity index (χ1v) is 7.63. The zero-order valence-electron chi connectivity index (χ0n) is 13.1. The minimum Gasteiger partial charge on any atom is -0.508 e. The van der Waals surface area contributed by atoms with Crippen LogP contribution in [0.4, 0.5) is 8.78 Å². The lowest BCUT2D eigenvalue weighted by atomic mass is 9.72. The van der Waals surface area contributed by atoms with Gasteiger partial charge >= 0.3 is 0 Å². The fourth-order valence-electron chi connectivity index (χ4n) is 3.14. The number of benzene rings is 1. The van der Waals surface area contributed by atoms with E-state index in [-0.39, 0.29) is 31.1 Å². The van der Waals surface area contributed by atoms with Gasteiger partial charge in [-0.25, -0.2) is 8.78 Å². The highest BCUT2D eigenvalue weighted by molar-refractivity contribution is 5.36. The lowest BCUT2D eigenvalue weighted by molar-refractivity contribution is 0.00298. The summed E-state index contributed by atoms with van der Waals surface area (Å²) in [5.41, 5.74) is 0.293. The van der Waals surface area contributed by atoms with Gasteiger partial charge in [0.25, 0.3) is 0 Å². The number of nitriles is 1. The Morgan fingerprint density at radius 3 is 2.82 bits per heavy atom. The molecule has 3 nitrogen and oxygen atoms in total. The monoisotopic (exact) mass is 308 g/mol. The van der Waals surface area contributed by atoms with Gasteiger partial charge in [-0.05, 0) is 44.0 Å². The minimum absolute atomic E-state index is 0.0533. The molecule has 1 aliphatic rings. The SMILES string of the molecule is CCC1(CC#N)CCN(Cc2cc(O)c(C)cc2F)CC1F. The van der Waals surface area contributed by atoms with Crippen molar-refractivity contribution in [3.63, 3.8) is 0 Å². The molecular weight excluding hydrogens is 286 g/mol. The van der Waals surface area contributed by atoms with Gasteiger partial charge in [0, 0.05) is 30.5 Å². The van der Waals surface area contributed by atoms with Gasteiger partial charge in [-0.15, -0.1) is 0 Å². The van der Waals surface area contributed by atoms with Crippen LogP contribution in [0.3, 0.4) is 0 Å². The second-order valence-corrected chi connectivity index (χ2v) is 6.23. The van der Waals surface area contributed by atoms with Crippen molar-refractivity contribution >= 4 is 0 Å². The summed E-state index contributed by atoms with van der Waals surface area (Å²) >= 11 is 0. The van der Waals surface area contributed by atoms with Gasteiger partial charge in [0.1, 0.15) is 17.7 Å². The van der Waals surface area contributed by atoms with Crippen LogP contribution in [0.1, 0.15) is 37.3 Å². The molecule has 1 N–H and O–H groups in total. The Hall–Kier alpha value is -1.67. The summed E-state index contributed by atoms with van der Waals surface area (Å²) in [6.07, 6.45) is 0.360. The highest BCUT2D eigenvalue weighted by Crippen LogP contribution is 2.40. The zero-order chi connectivity index (χ0) is 16.3. The van der Waals surface area contributed by atoms with E-state index in [9.17, 15) is 13.9 Å². The molecule has 1 heterocycles. The Morgan fingerprint density at radius 1 is 1.50 bits per heavy atom. The van der Waals surface area contributed by atoms with Crippen LogP contribution in [-0.4, -0.2) is 29.3 Å². The maximum atomic E-state index is 14.6. The molecule has 2 rings (SSSR count). The average Bonchev–Trinajstić information content (AvgIpc) is 2.48. The number of nitrogens with zero attached hydrogens (tertiary/aromatic N) is 2. The van der Waals surface area contributed by atoms with Gasteiger partial charge in [0.05, 0.1) is 6.07 Å². The molecule has 1 aromatic rings. The van der Waals surface area contributed by atoms with Crippen molar-refractivity contribution in [1.29, 1.82) is 5.26 Å². The molecule has 1 aromatic carbocycles. The second kappa shape index (κ2) is 6.62. The Morgan fingerprint density at radius 2 is 2.23 bits per heavy atom. The van der Waals surface area contributed by atoms with E-state index >= 15 is 0 Å². The molecule has 1 fully saturated rings. The van der Waals surface area contributed by atoms with Crippen LogP contribution < -0.4 is 0 Å². The normalized spacial score (nSPS) is 25.9. The van der Waals surface area contributed by atoms with E-state index in [1.54, 1.807) is 6.92 Å². The van der Waals surface area contributed by atoms with Gasteiger partial charge in [0.15, 0.2) is 0 Å². The summed E-state index contributed by atoms with van der Waals surface area (Å²) in [6, 6.07) is 4.81. The van der Waals surface area contributed by atoms with Crippen molar-refractivity contribution in [3.05, 3.63) is 29.1 Å². The van der Waals surface area contributed by atoms with Gasteiger partial charge in [-0.1, -0.05) is 6.92 Å². The van der Waals surface area contributed by atoms with Gasteiger partial charge in [-0.2, -0.15) is 5.26 Å². The summed E-state index contributed by atoms with van der Waals surface area (Å²) in [5.74, 6) is -0.326. The molecule has 0 bridgehead atoms. The molecule has 0 radical (unpaired) electrons. The van der Waals surface area contributed by atoms with Crippen LogP contribution in [0.15, 0.2) is 12.1 Å². The first-order valence-electron chi connectivity index (χ1n) is 7.63. The maximum absolute atomic E-state index is 14.6. The molecule has 2 atom stereocenters. The topological polar surface area (TPSA) is 47.3 Å². The van der Waals surface area contributed by atoms with Gasteiger partial charge < -0.3 is 5.11 Å². The Labute approximate surface area is 130 Å². The summed E-state index contributed by atoms with van der Waals surface area (Å²) in [5, 5.41) is 18.6. The minimum atomic E-state index is -1.09. The van der Waals surface area contributed by atoms with Crippen molar-refractivity contribution in [2.24, 2.45) is 5.41 Å². The summed E-state index contributed by atoms with van der Waals surface area (Å²) in [7, 11) is 0. The lowest BCUT2D eigenvalue weighted by Gasteiger charge is -2.43. The van der Waals surface area contributed by atoms with Gasteiger partial charge in [0.2, 0.25) is 0 Å². The van der Waals surface area contributed by atoms with Crippen molar-refractivity contribution in [3.8, 4) is 11.8 Å². The summed E-state index contributed by atoms with van der Waals surface area (Å²) in [6.45, 7) is 4.65. The number of aryl methyl sites for hydroxylation is 1. The fraction of sp³-hybridized carbons (Fsp3) is 0.588. The van der Waals surface area contributed by atoms with Crippen molar-refractivity contribution < 1.29 is 13.9 Å². The first kappa shape index (κ1) is 16.7. The van der Waals surface area contributed by atoms with E-state index in [2.05, 4.69) is 6.07 Å². The molecule has 0 aliphatic carbocycles.